The topological polar surface area (TPSA) is 80.1 Å². The highest BCUT2D eigenvalue weighted by molar-refractivity contribution is 6.15. The number of fused-ring (bicyclic) bond motifs is 1. The van der Waals surface area contributed by atoms with Crippen molar-refractivity contribution in [1.82, 2.24) is 0 Å². The maximum atomic E-state index is 13.0. The summed E-state index contributed by atoms with van der Waals surface area (Å²) < 4.78 is 10.7. The Morgan fingerprint density at radius 3 is 2.25 bits per heavy atom. The van der Waals surface area contributed by atoms with Crippen LogP contribution in [0.2, 0.25) is 0 Å². The van der Waals surface area contributed by atoms with E-state index in [1.807, 2.05) is 0 Å². The Hall–Kier alpha value is -3.12. The average Bonchev–Trinajstić information content (AvgIpc) is 3.04. The van der Waals surface area contributed by atoms with Crippen molar-refractivity contribution >= 4 is 17.8 Å². The molecule has 0 unspecified atom stereocenters. The highest BCUT2D eigenvalue weighted by Crippen LogP contribution is 2.38. The number of benzene rings is 2. The molecule has 32 heavy (non-hydrogen) atoms. The third-order valence-corrected chi connectivity index (χ3v) is 5.35. The van der Waals surface area contributed by atoms with Gasteiger partial charge in [0.2, 0.25) is 5.78 Å². The lowest BCUT2D eigenvalue weighted by Crippen LogP contribution is -3.11. The molecule has 2 aromatic carbocycles. The smallest absolute Gasteiger partial charge is 0.337 e. The Labute approximate surface area is 189 Å². The monoisotopic (exact) mass is 437 g/mol. The van der Waals surface area contributed by atoms with Gasteiger partial charge in [-0.15, -0.1) is 0 Å². The first-order valence-corrected chi connectivity index (χ1v) is 11.0. The molecular formula is C26H31NO5. The van der Waals surface area contributed by atoms with E-state index in [9.17, 15) is 14.7 Å². The molecule has 0 amide bonds. The van der Waals surface area contributed by atoms with Gasteiger partial charge in [0.15, 0.2) is 5.76 Å². The fraction of sp³-hybridized carbons (Fsp3) is 0.385. The standard InChI is InChI=1S/C26H31NO5/c1-16(2)13-27(14-17(3)4)15-21-22(28)11-10-20-24(29)23(32-25(20)21)12-18-6-8-19(9-7-18)26(30)31-5/h6-12,16-17,28H,13-15H2,1-5H3. The second-order valence-electron chi connectivity index (χ2n) is 9.10. The van der Waals surface area contributed by atoms with E-state index in [4.69, 9.17) is 9.47 Å². The summed E-state index contributed by atoms with van der Waals surface area (Å²) in [6, 6.07) is 9.71. The number of methoxy groups -OCH3 is 1. The van der Waals surface area contributed by atoms with Gasteiger partial charge in [-0.1, -0.05) is 51.6 Å². The van der Waals surface area contributed by atoms with Gasteiger partial charge in [-0.05, 0) is 29.8 Å². The van der Waals surface area contributed by atoms with E-state index in [2.05, 4.69) is 27.7 Å². The number of quaternary nitrogens is 1. The maximum Gasteiger partial charge on any atom is 0.337 e. The summed E-state index contributed by atoms with van der Waals surface area (Å²) in [6.07, 6.45) is 1.63. The van der Waals surface area contributed by atoms with Crippen LogP contribution < -0.4 is 14.7 Å². The van der Waals surface area contributed by atoms with Crippen LogP contribution in [0.4, 0.5) is 0 Å². The third-order valence-electron chi connectivity index (χ3n) is 5.35. The molecule has 170 valence electrons. The Morgan fingerprint density at radius 2 is 1.69 bits per heavy atom. The van der Waals surface area contributed by atoms with E-state index in [1.54, 1.807) is 36.4 Å². The number of ether oxygens (including phenoxy) is 2. The molecule has 0 bridgehead atoms. The van der Waals surface area contributed by atoms with Gasteiger partial charge < -0.3 is 19.5 Å². The van der Waals surface area contributed by atoms with Crippen LogP contribution >= 0.6 is 0 Å². The van der Waals surface area contributed by atoms with Gasteiger partial charge in [-0.3, -0.25) is 4.79 Å². The summed E-state index contributed by atoms with van der Waals surface area (Å²) in [5, 5.41) is 12.7. The van der Waals surface area contributed by atoms with Crippen LogP contribution in [-0.4, -0.2) is 32.0 Å². The largest absolute Gasteiger partial charge is 0.872 e. The Balaban J connectivity index is 1.89. The summed E-state index contributed by atoms with van der Waals surface area (Å²) in [4.78, 5) is 25.9. The van der Waals surface area contributed by atoms with Crippen molar-refractivity contribution in [2.75, 3.05) is 20.2 Å². The summed E-state index contributed by atoms with van der Waals surface area (Å²) in [5.41, 5.74) is 2.11. The summed E-state index contributed by atoms with van der Waals surface area (Å²) in [6.45, 7) is 11.1. The first kappa shape index (κ1) is 23.5. The number of rotatable bonds is 8. The Kier molecular flexibility index (Phi) is 7.36. The zero-order chi connectivity index (χ0) is 23.4. The van der Waals surface area contributed by atoms with Gasteiger partial charge in [0.05, 0.1) is 31.3 Å². The van der Waals surface area contributed by atoms with Gasteiger partial charge in [-0.25, -0.2) is 4.79 Å². The van der Waals surface area contributed by atoms with E-state index in [0.717, 1.165) is 13.1 Å². The van der Waals surface area contributed by atoms with Crippen LogP contribution in [0, 0.1) is 11.8 Å². The molecule has 0 fully saturated rings. The zero-order valence-electron chi connectivity index (χ0n) is 19.4. The van der Waals surface area contributed by atoms with Crippen molar-refractivity contribution in [2.45, 2.75) is 34.2 Å². The molecule has 1 aliphatic rings. The van der Waals surface area contributed by atoms with Gasteiger partial charge in [-0.2, -0.15) is 0 Å². The lowest BCUT2D eigenvalue weighted by Gasteiger charge is -2.26. The number of hydrogen-bond acceptors (Lipinski definition) is 5. The minimum absolute atomic E-state index is 0.106. The molecule has 2 aromatic rings. The molecule has 0 spiro atoms. The van der Waals surface area contributed by atoms with Crippen molar-refractivity contribution in [1.29, 1.82) is 0 Å². The maximum absolute atomic E-state index is 13.0. The predicted octanol–water partition coefficient (Wildman–Crippen LogP) is 2.86. The molecule has 3 rings (SSSR count). The quantitative estimate of drug-likeness (QED) is 0.507. The number of ketones is 1. The van der Waals surface area contributed by atoms with Gasteiger partial charge >= 0.3 is 5.97 Å². The molecule has 1 N–H and O–H groups in total. The van der Waals surface area contributed by atoms with Gasteiger partial charge in [0.25, 0.3) is 0 Å². The summed E-state index contributed by atoms with van der Waals surface area (Å²) >= 11 is 0. The Morgan fingerprint density at radius 1 is 1.06 bits per heavy atom. The molecule has 1 aliphatic heterocycles. The highest BCUT2D eigenvalue weighted by Gasteiger charge is 2.31. The molecule has 6 nitrogen and oxygen atoms in total. The number of nitrogens with one attached hydrogen (secondary N) is 1. The minimum Gasteiger partial charge on any atom is -0.872 e. The first-order chi connectivity index (χ1) is 15.2. The molecular weight excluding hydrogens is 406 g/mol. The van der Waals surface area contributed by atoms with Crippen LogP contribution in [-0.2, 0) is 11.3 Å². The fourth-order valence-corrected chi connectivity index (χ4v) is 4.07. The number of hydrogen-bond donors (Lipinski definition) is 1. The van der Waals surface area contributed by atoms with Crippen molar-refractivity contribution in [3.8, 4) is 11.5 Å². The van der Waals surface area contributed by atoms with Crippen LogP contribution in [0.25, 0.3) is 6.08 Å². The number of Topliss-reactive ketones (excluding diaryl/α,β-unsaturated/α-hetero) is 1. The summed E-state index contributed by atoms with van der Waals surface area (Å²) in [5.74, 6) is 0.755. The highest BCUT2D eigenvalue weighted by atomic mass is 16.5. The second kappa shape index (κ2) is 10.0. The first-order valence-electron chi connectivity index (χ1n) is 11.0. The molecule has 1 heterocycles. The molecule has 0 atom stereocenters. The van der Waals surface area contributed by atoms with Crippen LogP contribution in [0.3, 0.4) is 0 Å². The normalized spacial score (nSPS) is 14.4. The molecule has 0 radical (unpaired) electrons. The van der Waals surface area contributed by atoms with Crippen LogP contribution in [0.5, 0.6) is 11.5 Å². The molecule has 0 aromatic heterocycles. The predicted molar refractivity (Wildman–Crippen MR) is 121 cm³/mol. The number of esters is 1. The zero-order valence-corrected chi connectivity index (χ0v) is 19.4. The fourth-order valence-electron chi connectivity index (χ4n) is 4.07. The van der Waals surface area contributed by atoms with Gasteiger partial charge in [0, 0.05) is 17.4 Å². The second-order valence-corrected chi connectivity index (χ2v) is 9.10. The van der Waals surface area contributed by atoms with Crippen LogP contribution in [0.1, 0.15) is 59.5 Å². The van der Waals surface area contributed by atoms with Crippen molar-refractivity contribution in [3.63, 3.8) is 0 Å². The number of carbonyl (C=O) groups excluding carboxylic acids is 2. The van der Waals surface area contributed by atoms with E-state index in [1.165, 1.54) is 18.1 Å². The third kappa shape index (κ3) is 5.37. The number of allylic oxidation sites excluding steroid dienone is 1. The van der Waals surface area contributed by atoms with Gasteiger partial charge in [0.1, 0.15) is 12.3 Å². The van der Waals surface area contributed by atoms with Crippen molar-refractivity contribution < 1.29 is 29.1 Å². The lowest BCUT2D eigenvalue weighted by atomic mass is 10.0. The molecule has 0 saturated heterocycles. The minimum atomic E-state index is -0.424. The van der Waals surface area contributed by atoms with Crippen molar-refractivity contribution in [3.05, 3.63) is 64.4 Å². The molecule has 0 saturated carbocycles. The molecule has 6 heteroatoms. The van der Waals surface area contributed by atoms with Crippen molar-refractivity contribution in [2.24, 2.45) is 11.8 Å². The summed E-state index contributed by atoms with van der Waals surface area (Å²) in [7, 11) is 1.33. The van der Waals surface area contributed by atoms with E-state index < -0.39 is 5.97 Å². The number of carbonyl (C=O) groups is 2. The van der Waals surface area contributed by atoms with E-state index in [0.29, 0.717) is 46.4 Å². The van der Waals surface area contributed by atoms with E-state index >= 15 is 0 Å². The lowest BCUT2D eigenvalue weighted by molar-refractivity contribution is -0.919. The Bertz CT molecular complexity index is 1010. The SMILES string of the molecule is COC(=O)c1ccc(C=C2Oc3c(ccc([O-])c3C[NH+](CC(C)C)CC(C)C)C2=O)cc1. The molecule has 0 aliphatic carbocycles. The average molecular weight is 438 g/mol. The van der Waals surface area contributed by atoms with Crippen LogP contribution in [0.15, 0.2) is 42.2 Å². The van der Waals surface area contributed by atoms with E-state index in [-0.39, 0.29) is 17.3 Å².